The molecule has 1 aliphatic heterocycles. The topological polar surface area (TPSA) is 67.2 Å². The van der Waals surface area contributed by atoms with Crippen LogP contribution in [0.5, 0.6) is 0 Å². The quantitative estimate of drug-likeness (QED) is 0.884. The third kappa shape index (κ3) is 3.46. The number of sulfonamides is 1. The number of nitrogens with zero attached hydrogens (tertiary/aromatic N) is 3. The van der Waals surface area contributed by atoms with Crippen LogP contribution in [0.25, 0.3) is 0 Å². The first kappa shape index (κ1) is 16.5. The van der Waals surface area contributed by atoms with Crippen molar-refractivity contribution in [2.24, 2.45) is 13.0 Å². The normalized spacial score (nSPS) is 19.8. The largest absolute Gasteiger partial charge is 0.337 e. The Morgan fingerprint density at radius 1 is 1.43 bits per heavy atom. The zero-order valence-electron chi connectivity index (χ0n) is 13.3. The van der Waals surface area contributed by atoms with E-state index in [0.717, 1.165) is 19.4 Å². The van der Waals surface area contributed by atoms with E-state index in [2.05, 4.69) is 24.1 Å². The third-order valence-corrected chi connectivity index (χ3v) is 6.19. The highest BCUT2D eigenvalue weighted by Gasteiger charge is 2.32. The van der Waals surface area contributed by atoms with Gasteiger partial charge in [0.1, 0.15) is 5.82 Å². The molecule has 0 amide bonds. The van der Waals surface area contributed by atoms with Crippen molar-refractivity contribution in [3.63, 3.8) is 0 Å². The lowest BCUT2D eigenvalue weighted by Crippen LogP contribution is -2.44. The number of piperidine rings is 1. The molecule has 0 spiro atoms. The summed E-state index contributed by atoms with van der Waals surface area (Å²) < 4.78 is 28.5. The molecule has 1 unspecified atom stereocenters. The van der Waals surface area contributed by atoms with E-state index in [0.29, 0.717) is 30.9 Å². The van der Waals surface area contributed by atoms with Crippen molar-refractivity contribution in [2.75, 3.05) is 19.6 Å². The molecule has 1 atom stereocenters. The molecule has 1 aliphatic rings. The molecule has 6 nitrogen and oxygen atoms in total. The van der Waals surface area contributed by atoms with Crippen molar-refractivity contribution in [3.8, 4) is 0 Å². The first-order chi connectivity index (χ1) is 9.86. The SMILES string of the molecule is CCNC(C)C1CCN(S(=O)(=O)c2cn(C)c(C)n2)CC1. The van der Waals surface area contributed by atoms with Gasteiger partial charge in [-0.25, -0.2) is 13.4 Å². The molecule has 1 aromatic heterocycles. The molecule has 1 N–H and O–H groups in total. The van der Waals surface area contributed by atoms with Gasteiger partial charge in [0.25, 0.3) is 10.0 Å². The maximum Gasteiger partial charge on any atom is 0.262 e. The van der Waals surface area contributed by atoms with E-state index in [1.807, 2.05) is 14.0 Å². The van der Waals surface area contributed by atoms with E-state index in [1.165, 1.54) is 0 Å². The molecule has 21 heavy (non-hydrogen) atoms. The van der Waals surface area contributed by atoms with E-state index >= 15 is 0 Å². The summed E-state index contributed by atoms with van der Waals surface area (Å²) in [5.41, 5.74) is 0. The van der Waals surface area contributed by atoms with Crippen LogP contribution >= 0.6 is 0 Å². The fourth-order valence-electron chi connectivity index (χ4n) is 2.89. The van der Waals surface area contributed by atoms with Gasteiger partial charge in [-0.15, -0.1) is 0 Å². The second-order valence-electron chi connectivity index (χ2n) is 5.83. The van der Waals surface area contributed by atoms with Gasteiger partial charge in [0.2, 0.25) is 0 Å². The van der Waals surface area contributed by atoms with Crippen molar-refractivity contribution in [1.29, 1.82) is 0 Å². The third-order valence-electron chi connectivity index (χ3n) is 4.42. The van der Waals surface area contributed by atoms with Crippen LogP contribution < -0.4 is 5.32 Å². The Kier molecular flexibility index (Phi) is 5.06. The Labute approximate surface area is 127 Å². The predicted molar refractivity (Wildman–Crippen MR) is 82.6 cm³/mol. The predicted octanol–water partition coefficient (Wildman–Crippen LogP) is 1.13. The first-order valence-corrected chi connectivity index (χ1v) is 9.03. The standard InChI is InChI=1S/C14H26N4O2S/c1-5-15-11(2)13-6-8-18(9-7-13)21(19,20)14-10-17(4)12(3)16-14/h10-11,13,15H,5-9H2,1-4H3. The Hall–Kier alpha value is -0.920. The lowest BCUT2D eigenvalue weighted by Gasteiger charge is -2.34. The average molecular weight is 314 g/mol. The van der Waals surface area contributed by atoms with Gasteiger partial charge in [0.15, 0.2) is 5.03 Å². The summed E-state index contributed by atoms with van der Waals surface area (Å²) in [5, 5.41) is 3.59. The van der Waals surface area contributed by atoms with Crippen molar-refractivity contribution in [2.45, 2.75) is 44.7 Å². The van der Waals surface area contributed by atoms with Gasteiger partial charge in [-0.05, 0) is 39.2 Å². The van der Waals surface area contributed by atoms with Crippen LogP contribution in [0.3, 0.4) is 0 Å². The molecule has 1 saturated heterocycles. The van der Waals surface area contributed by atoms with Crippen molar-refractivity contribution in [1.82, 2.24) is 19.2 Å². The Balaban J connectivity index is 2.04. The van der Waals surface area contributed by atoms with Crippen molar-refractivity contribution in [3.05, 3.63) is 12.0 Å². The van der Waals surface area contributed by atoms with Crippen molar-refractivity contribution >= 4 is 10.0 Å². The second kappa shape index (κ2) is 6.46. The van der Waals surface area contributed by atoms with E-state index in [1.54, 1.807) is 15.1 Å². The minimum atomic E-state index is -3.44. The highest BCUT2D eigenvalue weighted by atomic mass is 32.2. The van der Waals surface area contributed by atoms with Crippen LogP contribution in [-0.4, -0.2) is 48.0 Å². The van der Waals surface area contributed by atoms with Gasteiger partial charge in [0, 0.05) is 32.4 Å². The van der Waals surface area contributed by atoms with Gasteiger partial charge < -0.3 is 9.88 Å². The van der Waals surface area contributed by atoms with E-state index in [-0.39, 0.29) is 5.03 Å². The molecule has 120 valence electrons. The molecular weight excluding hydrogens is 288 g/mol. The number of rotatable bonds is 5. The molecule has 0 saturated carbocycles. The Bertz CT molecular complexity index is 554. The highest BCUT2D eigenvalue weighted by molar-refractivity contribution is 7.89. The summed E-state index contributed by atoms with van der Waals surface area (Å²) in [6, 6.07) is 0.442. The number of hydrogen-bond acceptors (Lipinski definition) is 4. The van der Waals surface area contributed by atoms with Crippen LogP contribution in [0.1, 0.15) is 32.5 Å². The maximum atomic E-state index is 12.6. The molecule has 0 bridgehead atoms. The lowest BCUT2D eigenvalue weighted by atomic mass is 9.91. The van der Waals surface area contributed by atoms with Crippen LogP contribution in [0.4, 0.5) is 0 Å². The molecule has 0 aliphatic carbocycles. The van der Waals surface area contributed by atoms with Crippen LogP contribution in [0.15, 0.2) is 11.2 Å². The summed E-state index contributed by atoms with van der Waals surface area (Å²) in [6.07, 6.45) is 3.40. The molecule has 2 heterocycles. The van der Waals surface area contributed by atoms with Crippen LogP contribution in [-0.2, 0) is 17.1 Å². The number of hydrogen-bond donors (Lipinski definition) is 1. The highest BCUT2D eigenvalue weighted by Crippen LogP contribution is 2.25. The zero-order valence-corrected chi connectivity index (χ0v) is 14.2. The van der Waals surface area contributed by atoms with E-state index in [4.69, 9.17) is 0 Å². The smallest absolute Gasteiger partial charge is 0.262 e. The summed E-state index contributed by atoms with van der Waals surface area (Å²) in [5.74, 6) is 1.26. The Morgan fingerprint density at radius 3 is 2.52 bits per heavy atom. The molecule has 0 radical (unpaired) electrons. The van der Waals surface area contributed by atoms with Gasteiger partial charge in [-0.3, -0.25) is 0 Å². The average Bonchev–Trinajstić information content (AvgIpc) is 2.80. The Morgan fingerprint density at radius 2 is 2.05 bits per heavy atom. The van der Waals surface area contributed by atoms with Crippen LogP contribution in [0, 0.1) is 12.8 Å². The molecule has 2 rings (SSSR count). The van der Waals surface area contributed by atoms with Crippen molar-refractivity contribution < 1.29 is 8.42 Å². The fraction of sp³-hybridized carbons (Fsp3) is 0.786. The van der Waals surface area contributed by atoms with Gasteiger partial charge in [-0.2, -0.15) is 4.31 Å². The van der Waals surface area contributed by atoms with Gasteiger partial charge in [-0.1, -0.05) is 6.92 Å². The molecular formula is C14H26N4O2S. The monoisotopic (exact) mass is 314 g/mol. The minimum Gasteiger partial charge on any atom is -0.337 e. The zero-order chi connectivity index (χ0) is 15.6. The molecule has 1 aromatic rings. The summed E-state index contributed by atoms with van der Waals surface area (Å²) >= 11 is 0. The number of nitrogens with one attached hydrogen (secondary N) is 1. The van der Waals surface area contributed by atoms with Crippen LogP contribution in [0.2, 0.25) is 0 Å². The molecule has 1 fully saturated rings. The number of imidazole rings is 1. The first-order valence-electron chi connectivity index (χ1n) is 7.59. The van der Waals surface area contributed by atoms with Gasteiger partial charge >= 0.3 is 0 Å². The molecule has 7 heteroatoms. The van der Waals surface area contributed by atoms with E-state index < -0.39 is 10.0 Å². The van der Waals surface area contributed by atoms with Gasteiger partial charge in [0.05, 0.1) is 0 Å². The number of aryl methyl sites for hydroxylation is 2. The second-order valence-corrected chi connectivity index (χ2v) is 7.71. The summed E-state index contributed by atoms with van der Waals surface area (Å²) in [4.78, 5) is 4.16. The lowest BCUT2D eigenvalue weighted by molar-refractivity contribution is 0.232. The summed E-state index contributed by atoms with van der Waals surface area (Å²) in [7, 11) is -1.63. The van der Waals surface area contributed by atoms with E-state index in [9.17, 15) is 8.42 Å². The maximum absolute atomic E-state index is 12.6. The summed E-state index contributed by atoms with van der Waals surface area (Å²) in [6.45, 7) is 8.20. The number of aromatic nitrogens is 2. The fourth-order valence-corrected chi connectivity index (χ4v) is 4.38. The molecule has 0 aromatic carbocycles. The minimum absolute atomic E-state index is 0.167.